The number of anilines is 1. The molecule has 0 saturated heterocycles. The van der Waals surface area contributed by atoms with Crippen LogP contribution < -0.4 is 10.6 Å². The Balaban J connectivity index is 0.00000242. The molecule has 6 heteroatoms. The number of rotatable bonds is 6. The molecule has 2 rings (SSSR count). The molecule has 1 aromatic carbocycles. The predicted octanol–water partition coefficient (Wildman–Crippen LogP) is 3.52. The fourth-order valence-electron chi connectivity index (χ4n) is 2.04. The molecule has 0 saturated carbocycles. The highest BCUT2D eigenvalue weighted by molar-refractivity contribution is 5.92. The number of pyridine rings is 1. The minimum Gasteiger partial charge on any atom is -0.325 e. The van der Waals surface area contributed by atoms with Crippen molar-refractivity contribution in [3.8, 4) is 0 Å². The van der Waals surface area contributed by atoms with Crippen LogP contribution in [0, 0.1) is 6.92 Å². The lowest BCUT2D eigenvalue weighted by Crippen LogP contribution is -2.18. The molecule has 2 aromatic rings. The second-order valence-corrected chi connectivity index (χ2v) is 4.97. The first-order valence-electron chi connectivity index (χ1n) is 7.19. The van der Waals surface area contributed by atoms with Gasteiger partial charge in [-0.25, -0.2) is 0 Å². The zero-order valence-electron chi connectivity index (χ0n) is 13.3. The smallest absolute Gasteiger partial charge is 0.228 e. The van der Waals surface area contributed by atoms with E-state index < -0.39 is 0 Å². The van der Waals surface area contributed by atoms with E-state index in [1.54, 1.807) is 6.20 Å². The summed E-state index contributed by atoms with van der Waals surface area (Å²) in [6.07, 6.45) is 2.09. The van der Waals surface area contributed by atoms with Crippen molar-refractivity contribution in [2.45, 2.75) is 26.8 Å². The Bertz CT molecular complexity index is 603. The lowest BCUT2D eigenvalue weighted by Gasteiger charge is -2.11. The maximum atomic E-state index is 12.1. The summed E-state index contributed by atoms with van der Waals surface area (Å²) in [6, 6.07) is 11.7. The molecule has 2 N–H and O–H groups in total. The molecule has 0 fully saturated rings. The number of carbonyl (C=O) groups excluding carboxylic acids is 1. The van der Waals surface area contributed by atoms with Crippen LogP contribution >= 0.6 is 24.8 Å². The number of halogens is 2. The van der Waals surface area contributed by atoms with Crippen LogP contribution in [0.3, 0.4) is 0 Å². The Kier molecular flexibility index (Phi) is 10.2. The second kappa shape index (κ2) is 11.0. The molecule has 1 aromatic heterocycles. The highest BCUT2D eigenvalue weighted by Gasteiger charge is 2.07. The number of para-hydroxylation sites is 1. The van der Waals surface area contributed by atoms with E-state index in [2.05, 4.69) is 22.5 Å². The predicted molar refractivity (Wildman–Crippen MR) is 99.6 cm³/mol. The molecular formula is C17H23Cl2N3O. The van der Waals surface area contributed by atoms with Crippen LogP contribution in [0.25, 0.3) is 0 Å². The van der Waals surface area contributed by atoms with Crippen molar-refractivity contribution in [2.75, 3.05) is 11.9 Å². The van der Waals surface area contributed by atoms with Gasteiger partial charge in [0, 0.05) is 24.1 Å². The Morgan fingerprint density at radius 1 is 1.13 bits per heavy atom. The molecule has 0 aliphatic rings. The van der Waals surface area contributed by atoms with Crippen molar-refractivity contribution in [1.29, 1.82) is 0 Å². The van der Waals surface area contributed by atoms with Gasteiger partial charge in [0.25, 0.3) is 0 Å². The molecule has 0 aliphatic carbocycles. The molecule has 1 heterocycles. The van der Waals surface area contributed by atoms with Crippen molar-refractivity contribution >= 4 is 36.4 Å². The summed E-state index contributed by atoms with van der Waals surface area (Å²) < 4.78 is 0. The van der Waals surface area contributed by atoms with E-state index in [0.717, 1.165) is 35.6 Å². The number of nitrogens with zero attached hydrogens (tertiary/aromatic N) is 1. The van der Waals surface area contributed by atoms with Gasteiger partial charge in [-0.15, -0.1) is 24.8 Å². The van der Waals surface area contributed by atoms with E-state index in [1.807, 2.05) is 43.3 Å². The molecule has 0 atom stereocenters. The summed E-state index contributed by atoms with van der Waals surface area (Å²) in [4.78, 5) is 16.3. The van der Waals surface area contributed by atoms with E-state index in [1.165, 1.54) is 0 Å². The van der Waals surface area contributed by atoms with Crippen LogP contribution in [-0.4, -0.2) is 17.4 Å². The first-order valence-corrected chi connectivity index (χ1v) is 7.19. The standard InChI is InChI=1S/C17H21N3O.2ClH/c1-3-18-12-15-6-4-5-7-16(15)20-17(21)10-14-9-8-13(2)19-11-14;;/h4-9,11,18H,3,10,12H2,1-2H3,(H,20,21);2*1H. The molecule has 1 amide bonds. The van der Waals surface area contributed by atoms with Crippen LogP contribution in [-0.2, 0) is 17.8 Å². The van der Waals surface area contributed by atoms with Gasteiger partial charge in [0.15, 0.2) is 0 Å². The van der Waals surface area contributed by atoms with Crippen molar-refractivity contribution < 1.29 is 4.79 Å². The monoisotopic (exact) mass is 355 g/mol. The van der Waals surface area contributed by atoms with Gasteiger partial charge in [-0.2, -0.15) is 0 Å². The normalized spacial score (nSPS) is 9.48. The first kappa shape index (κ1) is 21.4. The molecule has 0 bridgehead atoms. The molecule has 0 radical (unpaired) electrons. The number of aryl methyl sites for hydroxylation is 1. The molecule has 23 heavy (non-hydrogen) atoms. The van der Waals surface area contributed by atoms with Crippen molar-refractivity contribution in [2.24, 2.45) is 0 Å². The molecule has 0 spiro atoms. The zero-order valence-corrected chi connectivity index (χ0v) is 15.0. The maximum Gasteiger partial charge on any atom is 0.228 e. The summed E-state index contributed by atoms with van der Waals surface area (Å²) in [5.74, 6) is -0.0235. The number of aromatic nitrogens is 1. The van der Waals surface area contributed by atoms with Crippen LogP contribution in [0.2, 0.25) is 0 Å². The molecule has 0 aliphatic heterocycles. The zero-order chi connectivity index (χ0) is 15.1. The maximum absolute atomic E-state index is 12.1. The third-order valence-electron chi connectivity index (χ3n) is 3.19. The molecular weight excluding hydrogens is 333 g/mol. The van der Waals surface area contributed by atoms with E-state index in [0.29, 0.717) is 6.42 Å². The topological polar surface area (TPSA) is 54.0 Å². The summed E-state index contributed by atoms with van der Waals surface area (Å²) in [7, 11) is 0. The quantitative estimate of drug-likeness (QED) is 0.833. The van der Waals surface area contributed by atoms with Crippen LogP contribution in [0.4, 0.5) is 5.69 Å². The van der Waals surface area contributed by atoms with E-state index in [9.17, 15) is 4.79 Å². The third-order valence-corrected chi connectivity index (χ3v) is 3.19. The Hall–Kier alpha value is -1.62. The minimum atomic E-state index is -0.0235. The van der Waals surface area contributed by atoms with E-state index in [4.69, 9.17) is 0 Å². The number of benzene rings is 1. The van der Waals surface area contributed by atoms with Crippen LogP contribution in [0.5, 0.6) is 0 Å². The highest BCUT2D eigenvalue weighted by Crippen LogP contribution is 2.15. The van der Waals surface area contributed by atoms with Crippen molar-refractivity contribution in [3.63, 3.8) is 0 Å². The minimum absolute atomic E-state index is 0. The van der Waals surface area contributed by atoms with Crippen LogP contribution in [0.1, 0.15) is 23.7 Å². The molecule has 4 nitrogen and oxygen atoms in total. The first-order chi connectivity index (χ1) is 10.2. The van der Waals surface area contributed by atoms with Gasteiger partial charge in [0.2, 0.25) is 5.91 Å². The number of amides is 1. The third kappa shape index (κ3) is 6.99. The second-order valence-electron chi connectivity index (χ2n) is 4.97. The van der Waals surface area contributed by atoms with E-state index in [-0.39, 0.29) is 30.7 Å². The summed E-state index contributed by atoms with van der Waals surface area (Å²) in [6.45, 7) is 5.64. The number of hydrogen-bond acceptors (Lipinski definition) is 3. The average Bonchev–Trinajstić information content (AvgIpc) is 2.49. The fraction of sp³-hybridized carbons (Fsp3) is 0.294. The molecule has 0 unspecified atom stereocenters. The van der Waals surface area contributed by atoms with Crippen molar-refractivity contribution in [3.05, 3.63) is 59.4 Å². The summed E-state index contributed by atoms with van der Waals surface area (Å²) in [5.41, 5.74) is 3.83. The SMILES string of the molecule is CCNCc1ccccc1NC(=O)Cc1ccc(C)nc1.Cl.Cl. The van der Waals surface area contributed by atoms with Gasteiger partial charge in [-0.05, 0) is 36.7 Å². The number of carbonyl (C=O) groups is 1. The highest BCUT2D eigenvalue weighted by atomic mass is 35.5. The van der Waals surface area contributed by atoms with Gasteiger partial charge < -0.3 is 10.6 Å². The average molecular weight is 356 g/mol. The molecule has 126 valence electrons. The summed E-state index contributed by atoms with van der Waals surface area (Å²) in [5, 5.41) is 6.25. The van der Waals surface area contributed by atoms with Crippen molar-refractivity contribution in [1.82, 2.24) is 10.3 Å². The number of nitrogens with one attached hydrogen (secondary N) is 2. The van der Waals surface area contributed by atoms with Crippen LogP contribution in [0.15, 0.2) is 42.6 Å². The van der Waals surface area contributed by atoms with Gasteiger partial charge in [-0.3, -0.25) is 9.78 Å². The van der Waals surface area contributed by atoms with Gasteiger partial charge in [0.05, 0.1) is 6.42 Å². The largest absolute Gasteiger partial charge is 0.325 e. The summed E-state index contributed by atoms with van der Waals surface area (Å²) >= 11 is 0. The Morgan fingerprint density at radius 2 is 1.87 bits per heavy atom. The Labute approximate surface area is 149 Å². The lowest BCUT2D eigenvalue weighted by molar-refractivity contribution is -0.115. The fourth-order valence-corrected chi connectivity index (χ4v) is 2.04. The van der Waals surface area contributed by atoms with Gasteiger partial charge >= 0.3 is 0 Å². The van der Waals surface area contributed by atoms with E-state index >= 15 is 0 Å². The Morgan fingerprint density at radius 3 is 2.52 bits per heavy atom. The van der Waals surface area contributed by atoms with Gasteiger partial charge in [-0.1, -0.05) is 31.2 Å². The number of hydrogen-bond donors (Lipinski definition) is 2. The lowest BCUT2D eigenvalue weighted by atomic mass is 10.1. The van der Waals surface area contributed by atoms with Gasteiger partial charge in [0.1, 0.15) is 0 Å².